The molecule has 8 atom stereocenters. The van der Waals surface area contributed by atoms with Gasteiger partial charge in [0.1, 0.15) is 0 Å². The van der Waals surface area contributed by atoms with E-state index in [4.69, 9.17) is 9.47 Å². The van der Waals surface area contributed by atoms with Gasteiger partial charge < -0.3 is 9.47 Å². The molecule has 6 fully saturated rings. The van der Waals surface area contributed by atoms with Crippen molar-refractivity contribution in [1.29, 1.82) is 0 Å². The Balaban J connectivity index is 1.12. The van der Waals surface area contributed by atoms with Gasteiger partial charge in [0.05, 0.1) is 61.2 Å². The lowest BCUT2D eigenvalue weighted by atomic mass is 9.81. The van der Waals surface area contributed by atoms with Crippen molar-refractivity contribution >= 4 is 23.6 Å². The minimum Gasteiger partial charge on any atom is -0.373 e. The highest BCUT2D eigenvalue weighted by molar-refractivity contribution is 6.07. The molecule has 0 spiro atoms. The van der Waals surface area contributed by atoms with Gasteiger partial charge in [0.15, 0.2) is 0 Å². The number of fused-ring (bicyclic) bond motifs is 10. The molecule has 0 aromatic heterocycles. The van der Waals surface area contributed by atoms with Gasteiger partial charge >= 0.3 is 0 Å². The smallest absolute Gasteiger partial charge is 0.236 e. The molecule has 6 heterocycles. The summed E-state index contributed by atoms with van der Waals surface area (Å²) in [6.45, 7) is 0.00307. The predicted octanol–water partition coefficient (Wildman–Crippen LogP) is -0.685. The second kappa shape index (κ2) is 5.65. The maximum absolute atomic E-state index is 12.6. The number of rotatable bonds is 2. The Kier molecular flexibility index (Phi) is 3.37. The number of carbonyl (C=O) groups excluding carboxylic acids is 4. The highest BCUT2D eigenvalue weighted by Gasteiger charge is 2.63. The number of carbonyl (C=O) groups is 4. The second-order valence-corrected chi connectivity index (χ2v) is 8.56. The fraction of sp³-hybridized carbons (Fsp3) is 0.700. The minimum absolute atomic E-state index is 0.00153. The molecule has 0 radical (unpaired) electrons. The van der Waals surface area contributed by atoms with Crippen molar-refractivity contribution in [2.75, 3.05) is 13.1 Å². The molecule has 6 aliphatic heterocycles. The summed E-state index contributed by atoms with van der Waals surface area (Å²) in [5.74, 6) is 3.40. The minimum atomic E-state index is -0.357. The van der Waals surface area contributed by atoms with Crippen LogP contribution < -0.4 is 0 Å². The summed E-state index contributed by atoms with van der Waals surface area (Å²) in [4.78, 5) is 52.7. The van der Waals surface area contributed by atoms with E-state index in [-0.39, 0.29) is 84.8 Å². The topological polar surface area (TPSA) is 93.2 Å². The zero-order chi connectivity index (χ0) is 19.2. The molecule has 4 bridgehead atoms. The van der Waals surface area contributed by atoms with Crippen LogP contribution in [0.15, 0.2) is 0 Å². The van der Waals surface area contributed by atoms with Crippen molar-refractivity contribution in [3.05, 3.63) is 0 Å². The van der Waals surface area contributed by atoms with Crippen LogP contribution in [0, 0.1) is 35.5 Å². The molecular formula is C20H20N2O6. The second-order valence-electron chi connectivity index (χ2n) is 8.56. The molecular weight excluding hydrogens is 364 g/mol. The molecule has 146 valence electrons. The van der Waals surface area contributed by atoms with Crippen LogP contribution in [0.1, 0.15) is 25.7 Å². The Morgan fingerprint density at radius 1 is 0.607 bits per heavy atom. The van der Waals surface area contributed by atoms with Gasteiger partial charge in [-0.1, -0.05) is 11.8 Å². The van der Waals surface area contributed by atoms with Gasteiger partial charge in [0.25, 0.3) is 0 Å². The molecule has 0 saturated carbocycles. The lowest BCUT2D eigenvalue weighted by Crippen LogP contribution is -2.35. The maximum atomic E-state index is 12.6. The van der Waals surface area contributed by atoms with E-state index in [0.717, 1.165) is 25.7 Å². The number of imide groups is 2. The van der Waals surface area contributed by atoms with Gasteiger partial charge in [-0.2, -0.15) is 0 Å². The normalized spacial score (nSPS) is 45.1. The first-order chi connectivity index (χ1) is 13.6. The fourth-order valence-corrected chi connectivity index (χ4v) is 6.13. The third kappa shape index (κ3) is 1.98. The Morgan fingerprint density at radius 3 is 1.18 bits per heavy atom. The first-order valence-corrected chi connectivity index (χ1v) is 10.0. The van der Waals surface area contributed by atoms with E-state index in [2.05, 4.69) is 11.8 Å². The zero-order valence-corrected chi connectivity index (χ0v) is 15.2. The van der Waals surface area contributed by atoms with Crippen molar-refractivity contribution in [1.82, 2.24) is 9.80 Å². The molecule has 0 aliphatic carbocycles. The monoisotopic (exact) mass is 384 g/mol. The molecule has 6 rings (SSSR count). The van der Waals surface area contributed by atoms with Crippen LogP contribution in [0.2, 0.25) is 0 Å². The van der Waals surface area contributed by atoms with Gasteiger partial charge in [-0.15, -0.1) is 0 Å². The summed E-state index contributed by atoms with van der Waals surface area (Å²) < 4.78 is 11.4. The van der Waals surface area contributed by atoms with Gasteiger partial charge in [0, 0.05) is 0 Å². The maximum Gasteiger partial charge on any atom is 0.236 e. The van der Waals surface area contributed by atoms with Crippen molar-refractivity contribution in [3.63, 3.8) is 0 Å². The van der Waals surface area contributed by atoms with E-state index in [0.29, 0.717) is 0 Å². The SMILES string of the molecule is O=C1[C@@H]2[C@H](C(=O)N1CC#CCN1C(=O)[C@H]3[C@H](C1=O)[C@H]1CC[C@@H]3O1)[C@@H]1CC[C@@H]2O1. The van der Waals surface area contributed by atoms with Gasteiger partial charge in [-0.05, 0) is 25.7 Å². The molecule has 6 saturated heterocycles. The van der Waals surface area contributed by atoms with Crippen LogP contribution >= 0.6 is 0 Å². The van der Waals surface area contributed by atoms with Gasteiger partial charge in [0.2, 0.25) is 23.6 Å². The molecule has 28 heavy (non-hydrogen) atoms. The first kappa shape index (κ1) is 16.7. The molecule has 0 unspecified atom stereocenters. The van der Waals surface area contributed by atoms with Crippen LogP contribution in [-0.2, 0) is 28.7 Å². The van der Waals surface area contributed by atoms with E-state index in [9.17, 15) is 19.2 Å². The highest BCUT2D eigenvalue weighted by Crippen LogP contribution is 2.49. The van der Waals surface area contributed by atoms with Crippen LogP contribution in [0.5, 0.6) is 0 Å². The van der Waals surface area contributed by atoms with Crippen molar-refractivity contribution < 1.29 is 28.7 Å². The number of nitrogens with zero attached hydrogens (tertiary/aromatic N) is 2. The molecule has 4 amide bonds. The van der Waals surface area contributed by atoms with Crippen LogP contribution in [-0.4, -0.2) is 70.9 Å². The molecule has 0 aromatic rings. The quantitative estimate of drug-likeness (QED) is 0.462. The molecule has 0 N–H and O–H groups in total. The Labute approximate surface area is 161 Å². The average molecular weight is 384 g/mol. The number of ether oxygens (including phenoxy) is 2. The molecule has 6 aliphatic rings. The van der Waals surface area contributed by atoms with Crippen molar-refractivity contribution in [2.45, 2.75) is 50.1 Å². The van der Waals surface area contributed by atoms with Crippen LogP contribution in [0.3, 0.4) is 0 Å². The first-order valence-electron chi connectivity index (χ1n) is 10.0. The molecule has 0 aromatic carbocycles. The lowest BCUT2D eigenvalue weighted by molar-refractivity contribution is -0.143. The Hall–Kier alpha value is -2.24. The molecule has 8 heteroatoms. The lowest BCUT2D eigenvalue weighted by Gasteiger charge is -2.15. The average Bonchev–Trinajstić information content (AvgIpc) is 3.49. The standard InChI is InChI=1S/C20H20N2O6/c23-17-13-9-3-4-10(27-9)14(13)18(24)21(17)7-1-2-8-22-19(25)15-11-5-6-12(28-11)16(15)20(22)26/h9-16H,3-8H2/t9-,10-,11-,12+,13-,14+,15+,16+/m0/s1. The zero-order valence-electron chi connectivity index (χ0n) is 15.2. The van der Waals surface area contributed by atoms with E-state index in [1.807, 2.05) is 0 Å². The third-order valence-corrected chi connectivity index (χ3v) is 7.35. The van der Waals surface area contributed by atoms with Crippen LogP contribution in [0.25, 0.3) is 0 Å². The summed E-state index contributed by atoms with van der Waals surface area (Å²) in [5.41, 5.74) is 0. The Bertz CT molecular complexity index is 750. The third-order valence-electron chi connectivity index (χ3n) is 7.35. The number of amides is 4. The van der Waals surface area contributed by atoms with E-state index < -0.39 is 0 Å². The highest BCUT2D eigenvalue weighted by atomic mass is 16.5. The summed E-state index contributed by atoms with van der Waals surface area (Å²) in [7, 11) is 0. The van der Waals surface area contributed by atoms with E-state index >= 15 is 0 Å². The van der Waals surface area contributed by atoms with Gasteiger partial charge in [-0.3, -0.25) is 29.0 Å². The summed E-state index contributed by atoms with van der Waals surface area (Å²) >= 11 is 0. The largest absolute Gasteiger partial charge is 0.373 e. The summed E-state index contributed by atoms with van der Waals surface area (Å²) in [6, 6.07) is 0. The Morgan fingerprint density at radius 2 is 0.893 bits per heavy atom. The summed E-state index contributed by atoms with van der Waals surface area (Å²) in [5, 5.41) is 0. The van der Waals surface area contributed by atoms with Crippen molar-refractivity contribution in [3.8, 4) is 11.8 Å². The molecule has 8 nitrogen and oxygen atoms in total. The van der Waals surface area contributed by atoms with E-state index in [1.165, 1.54) is 9.80 Å². The predicted molar refractivity (Wildman–Crippen MR) is 91.0 cm³/mol. The number of hydrogen-bond acceptors (Lipinski definition) is 6. The fourth-order valence-electron chi connectivity index (χ4n) is 6.13. The van der Waals surface area contributed by atoms with E-state index in [1.54, 1.807) is 0 Å². The van der Waals surface area contributed by atoms with Crippen LogP contribution in [0.4, 0.5) is 0 Å². The van der Waals surface area contributed by atoms with Gasteiger partial charge in [-0.25, -0.2) is 0 Å². The van der Waals surface area contributed by atoms with Crippen molar-refractivity contribution in [2.24, 2.45) is 23.7 Å². The number of hydrogen-bond donors (Lipinski definition) is 0. The summed E-state index contributed by atoms with van der Waals surface area (Å²) in [6.07, 6.45) is 2.77. The number of likely N-dealkylation sites (tertiary alicyclic amines) is 2.